The summed E-state index contributed by atoms with van der Waals surface area (Å²) in [5.41, 5.74) is 8.57. The molecule has 0 heterocycles. The molecule has 2 heteroatoms. The zero-order valence-corrected chi connectivity index (χ0v) is 10.7. The number of hydrogen-bond donors (Lipinski definition) is 2. The maximum Gasteiger partial charge on any atom is 0.118 e. The Morgan fingerprint density at radius 3 is 2.53 bits per heavy atom. The fourth-order valence-corrected chi connectivity index (χ4v) is 3.04. The van der Waals surface area contributed by atoms with Crippen LogP contribution in [0.1, 0.15) is 50.2 Å². The third-order valence-electron chi connectivity index (χ3n) is 4.27. The molecule has 0 saturated heterocycles. The van der Waals surface area contributed by atoms with Gasteiger partial charge in [0.05, 0.1) is 0 Å². The lowest BCUT2D eigenvalue weighted by Crippen LogP contribution is -2.37. The van der Waals surface area contributed by atoms with Crippen LogP contribution in [-0.4, -0.2) is 11.7 Å². The summed E-state index contributed by atoms with van der Waals surface area (Å²) in [5.74, 6) is 0.416. The minimum absolute atomic E-state index is 0.163. The van der Waals surface area contributed by atoms with E-state index in [9.17, 15) is 5.11 Å². The van der Waals surface area contributed by atoms with E-state index in [0.29, 0.717) is 5.75 Å². The van der Waals surface area contributed by atoms with E-state index in [1.807, 2.05) is 6.07 Å². The highest BCUT2D eigenvalue weighted by Crippen LogP contribution is 2.39. The van der Waals surface area contributed by atoms with Crippen LogP contribution >= 0.6 is 0 Å². The average Bonchev–Trinajstić information content (AvgIpc) is 2.40. The van der Waals surface area contributed by atoms with E-state index in [4.69, 9.17) is 5.73 Å². The predicted molar refractivity (Wildman–Crippen MR) is 71.3 cm³/mol. The Bertz CT molecular complexity index is 381. The fraction of sp³-hybridized carbons (Fsp3) is 0.600. The first kappa shape index (κ1) is 12.4. The lowest BCUT2D eigenvalue weighted by molar-refractivity contribution is 0.300. The van der Waals surface area contributed by atoms with Crippen LogP contribution in [0.5, 0.6) is 5.75 Å². The molecule has 1 aromatic rings. The SMILES string of the molecule is CCc1cc(C2(CN)CCCCC2)ccc1O. The van der Waals surface area contributed by atoms with Crippen molar-refractivity contribution in [2.45, 2.75) is 50.9 Å². The third-order valence-corrected chi connectivity index (χ3v) is 4.27. The van der Waals surface area contributed by atoms with Gasteiger partial charge in [0.25, 0.3) is 0 Å². The van der Waals surface area contributed by atoms with Crippen LogP contribution in [0, 0.1) is 0 Å². The summed E-state index contributed by atoms with van der Waals surface area (Å²) in [4.78, 5) is 0. The summed E-state index contributed by atoms with van der Waals surface area (Å²) in [7, 11) is 0. The van der Waals surface area contributed by atoms with Gasteiger partial charge >= 0.3 is 0 Å². The molecule has 0 amide bonds. The average molecular weight is 233 g/mol. The Morgan fingerprint density at radius 2 is 1.94 bits per heavy atom. The van der Waals surface area contributed by atoms with E-state index in [1.54, 1.807) is 0 Å². The Hall–Kier alpha value is -1.02. The topological polar surface area (TPSA) is 46.2 Å². The third kappa shape index (κ3) is 2.32. The van der Waals surface area contributed by atoms with Crippen molar-refractivity contribution in [1.82, 2.24) is 0 Å². The molecule has 1 fully saturated rings. The van der Waals surface area contributed by atoms with Gasteiger partial charge in [-0.25, -0.2) is 0 Å². The number of nitrogens with two attached hydrogens (primary N) is 1. The van der Waals surface area contributed by atoms with Crippen molar-refractivity contribution in [2.24, 2.45) is 5.73 Å². The van der Waals surface area contributed by atoms with Crippen LogP contribution in [0.3, 0.4) is 0 Å². The van der Waals surface area contributed by atoms with Crippen LogP contribution in [0.4, 0.5) is 0 Å². The van der Waals surface area contributed by atoms with Crippen molar-refractivity contribution in [3.8, 4) is 5.75 Å². The molecule has 0 aromatic heterocycles. The van der Waals surface area contributed by atoms with Gasteiger partial charge in [-0.3, -0.25) is 0 Å². The molecule has 3 N–H and O–H groups in total. The number of aromatic hydroxyl groups is 1. The minimum atomic E-state index is 0.163. The van der Waals surface area contributed by atoms with Gasteiger partial charge in [-0.2, -0.15) is 0 Å². The normalized spacial score (nSPS) is 19.2. The fourth-order valence-electron chi connectivity index (χ4n) is 3.04. The molecule has 1 aliphatic rings. The van der Waals surface area contributed by atoms with E-state index >= 15 is 0 Å². The summed E-state index contributed by atoms with van der Waals surface area (Å²) in [6, 6.07) is 6.06. The van der Waals surface area contributed by atoms with E-state index < -0.39 is 0 Å². The lowest BCUT2D eigenvalue weighted by atomic mass is 9.69. The molecule has 0 radical (unpaired) electrons. The van der Waals surface area contributed by atoms with Crippen molar-refractivity contribution in [2.75, 3.05) is 6.54 Å². The van der Waals surface area contributed by atoms with Crippen molar-refractivity contribution in [1.29, 1.82) is 0 Å². The van der Waals surface area contributed by atoms with Gasteiger partial charge in [-0.15, -0.1) is 0 Å². The van der Waals surface area contributed by atoms with Crippen LogP contribution in [-0.2, 0) is 11.8 Å². The van der Waals surface area contributed by atoms with Crippen molar-refractivity contribution < 1.29 is 5.11 Å². The number of rotatable bonds is 3. The Labute approximate surface area is 104 Å². The summed E-state index contributed by atoms with van der Waals surface area (Å²) in [5, 5.41) is 9.76. The molecular weight excluding hydrogens is 210 g/mol. The first-order valence-corrected chi connectivity index (χ1v) is 6.74. The second kappa shape index (κ2) is 5.09. The lowest BCUT2D eigenvalue weighted by Gasteiger charge is -2.37. The molecule has 2 nitrogen and oxygen atoms in total. The maximum atomic E-state index is 9.76. The summed E-state index contributed by atoms with van der Waals surface area (Å²) in [6.07, 6.45) is 7.15. The molecule has 1 aliphatic carbocycles. The second-order valence-electron chi connectivity index (χ2n) is 5.24. The molecule has 2 rings (SSSR count). The molecule has 1 saturated carbocycles. The van der Waals surface area contributed by atoms with Gasteiger partial charge in [0, 0.05) is 12.0 Å². The van der Waals surface area contributed by atoms with Gasteiger partial charge in [0.2, 0.25) is 0 Å². The van der Waals surface area contributed by atoms with E-state index in [1.165, 1.54) is 37.7 Å². The first-order valence-electron chi connectivity index (χ1n) is 6.74. The highest BCUT2D eigenvalue weighted by atomic mass is 16.3. The van der Waals surface area contributed by atoms with E-state index in [-0.39, 0.29) is 5.41 Å². The smallest absolute Gasteiger partial charge is 0.118 e. The van der Waals surface area contributed by atoms with Gasteiger partial charge < -0.3 is 10.8 Å². The standard InChI is InChI=1S/C15H23NO/c1-2-12-10-13(6-7-14(12)17)15(11-16)8-4-3-5-9-15/h6-7,10,17H,2-5,8-9,11,16H2,1H3. The van der Waals surface area contributed by atoms with Crippen LogP contribution in [0.25, 0.3) is 0 Å². The van der Waals surface area contributed by atoms with Crippen molar-refractivity contribution in [3.63, 3.8) is 0 Å². The van der Waals surface area contributed by atoms with Gasteiger partial charge in [0.1, 0.15) is 5.75 Å². The number of phenolic OH excluding ortho intramolecular Hbond substituents is 1. The number of hydrogen-bond acceptors (Lipinski definition) is 2. The number of benzene rings is 1. The molecule has 0 unspecified atom stereocenters. The maximum absolute atomic E-state index is 9.76. The monoisotopic (exact) mass is 233 g/mol. The van der Waals surface area contributed by atoms with Gasteiger partial charge in [-0.1, -0.05) is 38.3 Å². The summed E-state index contributed by atoms with van der Waals surface area (Å²) < 4.78 is 0. The Morgan fingerprint density at radius 1 is 1.24 bits per heavy atom. The number of phenols is 1. The molecule has 0 spiro atoms. The minimum Gasteiger partial charge on any atom is -0.508 e. The Balaban J connectivity index is 2.36. The molecule has 0 bridgehead atoms. The molecule has 0 atom stereocenters. The molecule has 1 aromatic carbocycles. The predicted octanol–water partition coefficient (Wildman–Crippen LogP) is 3.12. The Kier molecular flexibility index (Phi) is 3.72. The summed E-state index contributed by atoms with van der Waals surface area (Å²) in [6.45, 7) is 2.80. The van der Waals surface area contributed by atoms with E-state index in [0.717, 1.165) is 18.5 Å². The number of aryl methyl sites for hydroxylation is 1. The van der Waals surface area contributed by atoms with E-state index in [2.05, 4.69) is 19.1 Å². The van der Waals surface area contributed by atoms with Crippen molar-refractivity contribution >= 4 is 0 Å². The summed E-state index contributed by atoms with van der Waals surface area (Å²) >= 11 is 0. The molecule has 0 aliphatic heterocycles. The highest BCUT2D eigenvalue weighted by molar-refractivity contribution is 5.40. The first-order chi connectivity index (χ1) is 8.22. The molecule has 94 valence electrons. The molecular formula is C15H23NO. The zero-order chi connectivity index (χ0) is 12.3. The quantitative estimate of drug-likeness (QED) is 0.842. The second-order valence-corrected chi connectivity index (χ2v) is 5.24. The van der Waals surface area contributed by atoms with Crippen molar-refractivity contribution in [3.05, 3.63) is 29.3 Å². The highest BCUT2D eigenvalue weighted by Gasteiger charge is 2.32. The zero-order valence-electron chi connectivity index (χ0n) is 10.7. The largest absolute Gasteiger partial charge is 0.508 e. The van der Waals surface area contributed by atoms with Crippen LogP contribution in [0.15, 0.2) is 18.2 Å². The van der Waals surface area contributed by atoms with Crippen LogP contribution < -0.4 is 5.73 Å². The van der Waals surface area contributed by atoms with Gasteiger partial charge in [0.15, 0.2) is 0 Å². The molecule has 17 heavy (non-hydrogen) atoms. The van der Waals surface area contributed by atoms with Crippen LogP contribution in [0.2, 0.25) is 0 Å². The van der Waals surface area contributed by atoms with Gasteiger partial charge in [-0.05, 0) is 36.5 Å².